The van der Waals surface area contributed by atoms with Crippen LogP contribution in [-0.2, 0) is 13.5 Å². The normalized spacial score (nSPS) is 12.9. The zero-order valence-electron chi connectivity index (χ0n) is 11.1. The van der Waals surface area contributed by atoms with Crippen molar-refractivity contribution in [3.8, 4) is 0 Å². The van der Waals surface area contributed by atoms with E-state index in [1.807, 2.05) is 23.9 Å². The number of halogens is 1. The SMILES string of the molecule is Cn1ccnc1CCC(O)c1cc2cc(F)ccc2s1. The van der Waals surface area contributed by atoms with Crippen molar-refractivity contribution in [2.45, 2.75) is 18.9 Å². The Morgan fingerprint density at radius 3 is 3.00 bits per heavy atom. The molecule has 0 aliphatic rings. The van der Waals surface area contributed by atoms with Gasteiger partial charge in [-0.1, -0.05) is 0 Å². The minimum absolute atomic E-state index is 0.246. The predicted molar refractivity (Wildman–Crippen MR) is 78.3 cm³/mol. The summed E-state index contributed by atoms with van der Waals surface area (Å²) in [4.78, 5) is 5.12. The molecule has 0 aliphatic carbocycles. The summed E-state index contributed by atoms with van der Waals surface area (Å²) in [7, 11) is 1.94. The minimum Gasteiger partial charge on any atom is -0.388 e. The summed E-state index contributed by atoms with van der Waals surface area (Å²) in [5.74, 6) is 0.709. The molecule has 1 atom stereocenters. The minimum atomic E-state index is -0.535. The number of hydrogen-bond donors (Lipinski definition) is 1. The van der Waals surface area contributed by atoms with Crippen molar-refractivity contribution < 1.29 is 9.50 Å². The van der Waals surface area contributed by atoms with Gasteiger partial charge < -0.3 is 9.67 Å². The van der Waals surface area contributed by atoms with Crippen molar-refractivity contribution in [3.05, 3.63) is 53.2 Å². The average molecular weight is 290 g/mol. The summed E-state index contributed by atoms with van der Waals surface area (Å²) in [5.41, 5.74) is 0. The quantitative estimate of drug-likeness (QED) is 0.799. The zero-order chi connectivity index (χ0) is 14.1. The van der Waals surface area contributed by atoms with E-state index in [1.165, 1.54) is 23.5 Å². The Bertz CT molecular complexity index is 734. The lowest BCUT2D eigenvalue weighted by Gasteiger charge is -2.07. The lowest BCUT2D eigenvalue weighted by Crippen LogP contribution is -2.02. The third-order valence-electron chi connectivity index (χ3n) is 3.39. The highest BCUT2D eigenvalue weighted by atomic mass is 32.1. The Morgan fingerprint density at radius 2 is 2.25 bits per heavy atom. The lowest BCUT2D eigenvalue weighted by atomic mass is 10.1. The van der Waals surface area contributed by atoms with Gasteiger partial charge in [-0.3, -0.25) is 0 Å². The fourth-order valence-electron chi connectivity index (χ4n) is 2.24. The molecule has 0 radical (unpaired) electrons. The molecule has 0 fully saturated rings. The first kappa shape index (κ1) is 13.3. The maximum atomic E-state index is 13.2. The van der Waals surface area contributed by atoms with Gasteiger partial charge in [0.2, 0.25) is 0 Å². The van der Waals surface area contributed by atoms with Crippen LogP contribution in [0.15, 0.2) is 36.7 Å². The maximum Gasteiger partial charge on any atom is 0.123 e. The van der Waals surface area contributed by atoms with Gasteiger partial charge in [0.15, 0.2) is 0 Å². The first-order chi connectivity index (χ1) is 9.63. The molecule has 104 valence electrons. The standard InChI is InChI=1S/C15H15FN2OS/c1-18-7-6-17-15(18)5-3-12(19)14-9-10-8-11(16)2-4-13(10)20-14/h2,4,6-9,12,19H,3,5H2,1H3. The Balaban J connectivity index is 1.75. The monoisotopic (exact) mass is 290 g/mol. The third kappa shape index (κ3) is 2.59. The van der Waals surface area contributed by atoms with E-state index < -0.39 is 6.10 Å². The smallest absolute Gasteiger partial charge is 0.123 e. The number of benzene rings is 1. The first-order valence-corrected chi connectivity index (χ1v) is 7.28. The summed E-state index contributed by atoms with van der Waals surface area (Å²) in [6.07, 6.45) is 4.44. The van der Waals surface area contributed by atoms with E-state index in [0.717, 1.165) is 20.8 Å². The molecule has 3 rings (SSSR count). The molecule has 3 aromatic rings. The second kappa shape index (κ2) is 5.34. The average Bonchev–Trinajstić information content (AvgIpc) is 3.01. The van der Waals surface area contributed by atoms with E-state index in [2.05, 4.69) is 4.98 Å². The molecule has 2 heterocycles. The number of thiophene rings is 1. The van der Waals surface area contributed by atoms with Gasteiger partial charge in [-0.25, -0.2) is 9.37 Å². The third-order valence-corrected chi connectivity index (χ3v) is 4.61. The van der Waals surface area contributed by atoms with Crippen molar-refractivity contribution in [2.24, 2.45) is 7.05 Å². The van der Waals surface area contributed by atoms with E-state index in [-0.39, 0.29) is 5.82 Å². The molecule has 0 saturated carbocycles. The number of hydrogen-bond acceptors (Lipinski definition) is 3. The Labute approximate surface area is 120 Å². The van der Waals surface area contributed by atoms with Crippen molar-refractivity contribution in [3.63, 3.8) is 0 Å². The van der Waals surface area contributed by atoms with Crippen LogP contribution in [0.4, 0.5) is 4.39 Å². The summed E-state index contributed by atoms with van der Waals surface area (Å²) in [6.45, 7) is 0. The zero-order valence-corrected chi connectivity index (χ0v) is 11.9. The molecular formula is C15H15FN2OS. The Hall–Kier alpha value is -1.72. The molecule has 1 N–H and O–H groups in total. The molecule has 5 heteroatoms. The van der Waals surface area contributed by atoms with E-state index in [1.54, 1.807) is 12.3 Å². The first-order valence-electron chi connectivity index (χ1n) is 6.47. The van der Waals surface area contributed by atoms with Crippen molar-refractivity contribution >= 4 is 21.4 Å². The second-order valence-electron chi connectivity index (χ2n) is 4.84. The van der Waals surface area contributed by atoms with Gasteiger partial charge in [-0.05, 0) is 36.1 Å². The summed E-state index contributed by atoms with van der Waals surface area (Å²) < 4.78 is 16.1. The molecule has 0 spiro atoms. The van der Waals surface area contributed by atoms with Crippen LogP contribution in [0.3, 0.4) is 0 Å². The summed E-state index contributed by atoms with van der Waals surface area (Å²) in [6, 6.07) is 6.57. The van der Waals surface area contributed by atoms with E-state index >= 15 is 0 Å². The number of aliphatic hydroxyl groups excluding tert-OH is 1. The van der Waals surface area contributed by atoms with Crippen LogP contribution in [-0.4, -0.2) is 14.7 Å². The number of imidazole rings is 1. The van der Waals surface area contributed by atoms with E-state index in [4.69, 9.17) is 0 Å². The molecular weight excluding hydrogens is 275 g/mol. The topological polar surface area (TPSA) is 38.0 Å². The molecule has 0 saturated heterocycles. The molecule has 2 aromatic heterocycles. The Kier molecular flexibility index (Phi) is 3.54. The van der Waals surface area contributed by atoms with Crippen LogP contribution in [0.25, 0.3) is 10.1 Å². The van der Waals surface area contributed by atoms with Gasteiger partial charge in [0, 0.05) is 35.4 Å². The van der Waals surface area contributed by atoms with Crippen LogP contribution in [0.5, 0.6) is 0 Å². The Morgan fingerprint density at radius 1 is 1.40 bits per heavy atom. The number of aryl methyl sites for hydroxylation is 2. The van der Waals surface area contributed by atoms with Gasteiger partial charge in [0.05, 0.1) is 6.10 Å². The maximum absolute atomic E-state index is 13.2. The van der Waals surface area contributed by atoms with Gasteiger partial charge in [-0.15, -0.1) is 11.3 Å². The van der Waals surface area contributed by atoms with E-state index in [0.29, 0.717) is 12.8 Å². The second-order valence-corrected chi connectivity index (χ2v) is 5.96. The molecule has 3 nitrogen and oxygen atoms in total. The number of aromatic nitrogens is 2. The summed E-state index contributed by atoms with van der Waals surface area (Å²) in [5, 5.41) is 11.1. The number of fused-ring (bicyclic) bond motifs is 1. The predicted octanol–water partition coefficient (Wildman–Crippen LogP) is 3.44. The van der Waals surface area contributed by atoms with Crippen LogP contribution in [0, 0.1) is 5.82 Å². The number of rotatable bonds is 4. The largest absolute Gasteiger partial charge is 0.388 e. The van der Waals surface area contributed by atoms with Crippen LogP contribution >= 0.6 is 11.3 Å². The van der Waals surface area contributed by atoms with Crippen molar-refractivity contribution in [2.75, 3.05) is 0 Å². The van der Waals surface area contributed by atoms with Crippen LogP contribution in [0.2, 0.25) is 0 Å². The molecule has 0 aliphatic heterocycles. The highest BCUT2D eigenvalue weighted by Gasteiger charge is 2.13. The number of aliphatic hydroxyl groups is 1. The lowest BCUT2D eigenvalue weighted by molar-refractivity contribution is 0.170. The highest BCUT2D eigenvalue weighted by molar-refractivity contribution is 7.19. The molecule has 1 unspecified atom stereocenters. The molecule has 1 aromatic carbocycles. The molecule has 0 amide bonds. The van der Waals surface area contributed by atoms with Crippen molar-refractivity contribution in [1.82, 2.24) is 9.55 Å². The molecule has 0 bridgehead atoms. The van der Waals surface area contributed by atoms with Crippen LogP contribution in [0.1, 0.15) is 23.2 Å². The van der Waals surface area contributed by atoms with Gasteiger partial charge in [0.25, 0.3) is 0 Å². The molecule has 20 heavy (non-hydrogen) atoms. The number of nitrogens with zero attached hydrogens (tertiary/aromatic N) is 2. The van der Waals surface area contributed by atoms with Crippen molar-refractivity contribution in [1.29, 1.82) is 0 Å². The summed E-state index contributed by atoms with van der Waals surface area (Å²) >= 11 is 1.51. The van der Waals surface area contributed by atoms with Crippen LogP contribution < -0.4 is 0 Å². The van der Waals surface area contributed by atoms with Gasteiger partial charge in [-0.2, -0.15) is 0 Å². The van der Waals surface area contributed by atoms with Gasteiger partial charge >= 0.3 is 0 Å². The fraction of sp³-hybridized carbons (Fsp3) is 0.267. The van der Waals surface area contributed by atoms with E-state index in [9.17, 15) is 9.50 Å². The fourth-order valence-corrected chi connectivity index (χ4v) is 3.31. The highest BCUT2D eigenvalue weighted by Crippen LogP contribution is 2.32. The van der Waals surface area contributed by atoms with Gasteiger partial charge in [0.1, 0.15) is 11.6 Å².